The molecule has 134 valence electrons. The van der Waals surface area contributed by atoms with Gasteiger partial charge in [-0.2, -0.15) is 0 Å². The minimum absolute atomic E-state index is 0.00597. The number of hydrogen-bond donors (Lipinski definition) is 1. The predicted octanol–water partition coefficient (Wildman–Crippen LogP) is 2.62. The Morgan fingerprint density at radius 2 is 2.00 bits per heavy atom. The maximum Gasteiger partial charge on any atom is 0.251 e. The molecular formula is C20H26N2O3. The fourth-order valence-electron chi connectivity index (χ4n) is 2.92. The molecule has 25 heavy (non-hydrogen) atoms. The molecule has 1 atom stereocenters. The first kappa shape index (κ1) is 17.7. The number of hydrogen-bond acceptors (Lipinski definition) is 3. The Balaban J connectivity index is 1.54. The molecule has 5 heteroatoms. The fraction of sp³-hybridized carbons (Fsp3) is 0.500. The van der Waals surface area contributed by atoms with Crippen LogP contribution < -0.4 is 5.32 Å². The molecule has 1 aliphatic heterocycles. The monoisotopic (exact) mass is 342 g/mol. The van der Waals surface area contributed by atoms with Crippen LogP contribution in [0.15, 0.2) is 30.3 Å². The summed E-state index contributed by atoms with van der Waals surface area (Å²) in [6.45, 7) is 4.10. The van der Waals surface area contributed by atoms with Gasteiger partial charge in [-0.15, -0.1) is 0 Å². The van der Waals surface area contributed by atoms with Gasteiger partial charge in [0, 0.05) is 37.4 Å². The van der Waals surface area contributed by atoms with Gasteiger partial charge in [0.2, 0.25) is 5.91 Å². The van der Waals surface area contributed by atoms with Crippen LogP contribution in [-0.4, -0.2) is 48.6 Å². The summed E-state index contributed by atoms with van der Waals surface area (Å²) in [7, 11) is 0. The summed E-state index contributed by atoms with van der Waals surface area (Å²) in [5.41, 5.74) is 1.56. The molecule has 0 bridgehead atoms. The number of likely N-dealkylation sites (N-methyl/N-ethyl adjacent to an activating group) is 1. The van der Waals surface area contributed by atoms with Gasteiger partial charge in [-0.3, -0.25) is 9.59 Å². The predicted molar refractivity (Wildman–Crippen MR) is 97.2 cm³/mol. The van der Waals surface area contributed by atoms with Crippen molar-refractivity contribution in [2.75, 3.05) is 19.7 Å². The molecule has 3 rings (SSSR count). The number of ether oxygens (including phenoxy) is 1. The molecule has 5 nitrogen and oxygen atoms in total. The maximum atomic E-state index is 12.4. The molecule has 1 saturated carbocycles. The Bertz CT molecular complexity index is 629. The molecule has 1 aromatic carbocycles. The lowest BCUT2D eigenvalue weighted by atomic mass is 10.1. The van der Waals surface area contributed by atoms with Crippen molar-refractivity contribution in [3.05, 3.63) is 41.5 Å². The van der Waals surface area contributed by atoms with Crippen molar-refractivity contribution in [2.45, 2.75) is 44.8 Å². The molecule has 0 aromatic heterocycles. The Kier molecular flexibility index (Phi) is 5.87. The van der Waals surface area contributed by atoms with Crippen LogP contribution in [0.4, 0.5) is 0 Å². The van der Waals surface area contributed by atoms with E-state index in [0.717, 1.165) is 37.9 Å². The van der Waals surface area contributed by atoms with E-state index >= 15 is 0 Å². The molecular weight excluding hydrogens is 316 g/mol. The summed E-state index contributed by atoms with van der Waals surface area (Å²) in [6.07, 6.45) is 7.82. The van der Waals surface area contributed by atoms with E-state index in [-0.39, 0.29) is 17.9 Å². The van der Waals surface area contributed by atoms with Crippen LogP contribution in [0.5, 0.6) is 0 Å². The highest BCUT2D eigenvalue weighted by Crippen LogP contribution is 2.19. The first-order valence-corrected chi connectivity index (χ1v) is 9.15. The Morgan fingerprint density at radius 1 is 1.24 bits per heavy atom. The van der Waals surface area contributed by atoms with Crippen molar-refractivity contribution in [3.8, 4) is 0 Å². The number of carbonyl (C=O) groups excluding carboxylic acids is 2. The van der Waals surface area contributed by atoms with Crippen LogP contribution in [0, 0.1) is 0 Å². The van der Waals surface area contributed by atoms with Crippen LogP contribution in [0.1, 0.15) is 48.5 Å². The van der Waals surface area contributed by atoms with Crippen LogP contribution in [-0.2, 0) is 9.53 Å². The van der Waals surface area contributed by atoms with Crippen molar-refractivity contribution in [1.82, 2.24) is 10.2 Å². The van der Waals surface area contributed by atoms with Crippen molar-refractivity contribution in [3.63, 3.8) is 0 Å². The fourth-order valence-corrected chi connectivity index (χ4v) is 2.92. The molecule has 1 N–H and O–H groups in total. The molecule has 0 radical (unpaired) electrons. The van der Waals surface area contributed by atoms with Gasteiger partial charge in [0.25, 0.3) is 5.91 Å². The quantitative estimate of drug-likeness (QED) is 0.775. The minimum Gasteiger partial charge on any atom is -0.376 e. The third-order valence-corrected chi connectivity index (χ3v) is 4.65. The van der Waals surface area contributed by atoms with E-state index < -0.39 is 0 Å². The van der Waals surface area contributed by atoms with E-state index in [0.29, 0.717) is 24.7 Å². The van der Waals surface area contributed by atoms with Crippen molar-refractivity contribution >= 4 is 17.9 Å². The van der Waals surface area contributed by atoms with E-state index in [2.05, 4.69) is 5.32 Å². The van der Waals surface area contributed by atoms with Crippen molar-refractivity contribution in [1.29, 1.82) is 0 Å². The highest BCUT2D eigenvalue weighted by Gasteiger charge is 2.23. The van der Waals surface area contributed by atoms with Crippen molar-refractivity contribution < 1.29 is 14.3 Å². The average Bonchev–Trinajstić information content (AvgIpc) is 3.29. The minimum atomic E-state index is -0.0252. The molecule has 1 heterocycles. The summed E-state index contributed by atoms with van der Waals surface area (Å²) in [4.78, 5) is 26.1. The van der Waals surface area contributed by atoms with E-state index in [9.17, 15) is 9.59 Å². The summed E-state index contributed by atoms with van der Waals surface area (Å²) < 4.78 is 5.61. The number of amides is 2. The lowest BCUT2D eigenvalue weighted by Crippen LogP contribution is -2.36. The second kappa shape index (κ2) is 8.30. The van der Waals surface area contributed by atoms with Crippen LogP contribution in [0.25, 0.3) is 6.08 Å². The van der Waals surface area contributed by atoms with Gasteiger partial charge in [-0.05, 0) is 56.4 Å². The lowest BCUT2D eigenvalue weighted by Gasteiger charge is -2.22. The van der Waals surface area contributed by atoms with Crippen LogP contribution in [0.2, 0.25) is 0 Å². The molecule has 2 fully saturated rings. The summed E-state index contributed by atoms with van der Waals surface area (Å²) in [5, 5.41) is 2.97. The van der Waals surface area contributed by atoms with E-state index in [4.69, 9.17) is 4.74 Å². The highest BCUT2D eigenvalue weighted by atomic mass is 16.5. The lowest BCUT2D eigenvalue weighted by molar-refractivity contribution is -0.127. The molecule has 0 unspecified atom stereocenters. The topological polar surface area (TPSA) is 58.6 Å². The second-order valence-corrected chi connectivity index (χ2v) is 6.71. The van der Waals surface area contributed by atoms with Gasteiger partial charge in [0.1, 0.15) is 0 Å². The first-order chi connectivity index (χ1) is 12.2. The van der Waals surface area contributed by atoms with Crippen molar-refractivity contribution in [2.24, 2.45) is 0 Å². The Labute approximate surface area is 149 Å². The van der Waals surface area contributed by atoms with E-state index in [1.165, 1.54) is 0 Å². The summed E-state index contributed by atoms with van der Waals surface area (Å²) >= 11 is 0. The Hall–Kier alpha value is -2.14. The van der Waals surface area contributed by atoms with Gasteiger partial charge >= 0.3 is 0 Å². The number of nitrogens with zero attached hydrogens (tertiary/aromatic N) is 1. The number of carbonyl (C=O) groups is 2. The molecule has 1 saturated heterocycles. The highest BCUT2D eigenvalue weighted by molar-refractivity contribution is 5.95. The SMILES string of the molecule is CCN(C[C@@H]1CCCO1)C(=O)/C=C/c1ccc(C(=O)NC2CC2)cc1. The van der Waals surface area contributed by atoms with E-state index in [1.807, 2.05) is 24.0 Å². The number of nitrogens with one attached hydrogen (secondary N) is 1. The molecule has 1 aliphatic carbocycles. The summed E-state index contributed by atoms with van der Waals surface area (Å²) in [5.74, 6) is -0.0311. The normalized spacial score (nSPS) is 20.0. The van der Waals surface area contributed by atoms with Crippen LogP contribution >= 0.6 is 0 Å². The third kappa shape index (κ3) is 5.16. The maximum absolute atomic E-state index is 12.4. The standard InChI is InChI=1S/C20H26N2O3/c1-2-22(14-18-4-3-13-25-18)19(23)12-7-15-5-8-16(9-6-15)20(24)21-17-10-11-17/h5-9,12,17-18H,2-4,10-11,13-14H2,1H3,(H,21,24)/b12-7+/t18-/m0/s1. The molecule has 0 spiro atoms. The zero-order valence-corrected chi connectivity index (χ0v) is 14.7. The van der Waals surface area contributed by atoms with E-state index in [1.54, 1.807) is 24.3 Å². The number of rotatable bonds is 7. The second-order valence-electron chi connectivity index (χ2n) is 6.71. The van der Waals surface area contributed by atoms with Gasteiger partial charge in [-0.1, -0.05) is 12.1 Å². The third-order valence-electron chi connectivity index (χ3n) is 4.65. The van der Waals surface area contributed by atoms with Gasteiger partial charge in [0.05, 0.1) is 6.10 Å². The molecule has 1 aromatic rings. The summed E-state index contributed by atoms with van der Waals surface area (Å²) in [6, 6.07) is 7.68. The molecule has 2 aliphatic rings. The smallest absolute Gasteiger partial charge is 0.251 e. The average molecular weight is 342 g/mol. The Morgan fingerprint density at radius 3 is 2.60 bits per heavy atom. The largest absolute Gasteiger partial charge is 0.376 e. The zero-order chi connectivity index (χ0) is 17.6. The number of benzene rings is 1. The first-order valence-electron chi connectivity index (χ1n) is 9.15. The van der Waals surface area contributed by atoms with Gasteiger partial charge in [0.15, 0.2) is 0 Å². The van der Waals surface area contributed by atoms with Gasteiger partial charge in [-0.25, -0.2) is 0 Å². The molecule has 2 amide bonds. The van der Waals surface area contributed by atoms with Crippen LogP contribution in [0.3, 0.4) is 0 Å². The zero-order valence-electron chi connectivity index (χ0n) is 14.7. The van der Waals surface area contributed by atoms with Gasteiger partial charge < -0.3 is 15.0 Å².